The van der Waals surface area contributed by atoms with Gasteiger partial charge in [0.1, 0.15) is 0 Å². The summed E-state index contributed by atoms with van der Waals surface area (Å²) < 4.78 is 6.99. The molecule has 2 aliphatic rings. The molecule has 0 bridgehead atoms. The standard InChI is InChI=1S/C11H11ClN4O/c12-10-13-9-2-1-8(3-16(9)14-10)15-4-11(5-15)6-17-7-11/h1-3H,4-7H2. The van der Waals surface area contributed by atoms with Crippen molar-refractivity contribution < 1.29 is 4.74 Å². The number of nitrogens with zero attached hydrogens (tertiary/aromatic N) is 4. The van der Waals surface area contributed by atoms with Crippen LogP contribution in [0.2, 0.25) is 5.28 Å². The lowest BCUT2D eigenvalue weighted by Crippen LogP contribution is -2.66. The van der Waals surface area contributed by atoms with Crippen LogP contribution in [0.4, 0.5) is 5.69 Å². The van der Waals surface area contributed by atoms with Gasteiger partial charge in [0.05, 0.1) is 30.5 Å². The molecule has 2 aromatic rings. The number of rotatable bonds is 1. The van der Waals surface area contributed by atoms with Crippen molar-refractivity contribution in [3.05, 3.63) is 23.6 Å². The first-order valence-corrected chi connectivity index (χ1v) is 5.97. The van der Waals surface area contributed by atoms with E-state index < -0.39 is 0 Å². The summed E-state index contributed by atoms with van der Waals surface area (Å²) in [6, 6.07) is 4.00. The van der Waals surface area contributed by atoms with Gasteiger partial charge in [-0.05, 0) is 23.7 Å². The summed E-state index contributed by atoms with van der Waals surface area (Å²) in [6.45, 7) is 3.95. The Bertz CT molecular complexity index is 584. The third kappa shape index (κ3) is 1.36. The molecule has 1 spiro atoms. The first-order chi connectivity index (χ1) is 8.24. The van der Waals surface area contributed by atoms with Gasteiger partial charge in [0.25, 0.3) is 0 Å². The van der Waals surface area contributed by atoms with Gasteiger partial charge in [-0.2, -0.15) is 4.98 Å². The van der Waals surface area contributed by atoms with Gasteiger partial charge in [-0.25, -0.2) is 4.52 Å². The van der Waals surface area contributed by atoms with Crippen LogP contribution in [-0.2, 0) is 4.74 Å². The molecule has 0 saturated carbocycles. The van der Waals surface area contributed by atoms with Crippen LogP contribution in [0.25, 0.3) is 5.65 Å². The van der Waals surface area contributed by atoms with Gasteiger partial charge in [0.2, 0.25) is 5.28 Å². The van der Waals surface area contributed by atoms with E-state index in [9.17, 15) is 0 Å². The van der Waals surface area contributed by atoms with E-state index in [1.807, 2.05) is 12.3 Å². The summed E-state index contributed by atoms with van der Waals surface area (Å²) in [5.41, 5.74) is 2.37. The largest absolute Gasteiger partial charge is 0.380 e. The molecule has 88 valence electrons. The number of pyridine rings is 1. The number of ether oxygens (including phenoxy) is 1. The maximum absolute atomic E-state index is 5.77. The number of hydrogen-bond donors (Lipinski definition) is 0. The monoisotopic (exact) mass is 250 g/mol. The number of fused-ring (bicyclic) bond motifs is 1. The van der Waals surface area contributed by atoms with E-state index in [0.29, 0.717) is 5.41 Å². The third-order valence-electron chi connectivity index (χ3n) is 3.52. The second-order valence-electron chi connectivity index (χ2n) is 4.92. The van der Waals surface area contributed by atoms with Crippen molar-refractivity contribution in [3.8, 4) is 0 Å². The molecule has 0 radical (unpaired) electrons. The van der Waals surface area contributed by atoms with Crippen molar-refractivity contribution in [1.82, 2.24) is 14.6 Å². The second-order valence-corrected chi connectivity index (χ2v) is 5.26. The summed E-state index contributed by atoms with van der Waals surface area (Å²) in [5.74, 6) is 0. The van der Waals surface area contributed by atoms with E-state index in [0.717, 1.165) is 37.6 Å². The third-order valence-corrected chi connectivity index (χ3v) is 3.68. The first kappa shape index (κ1) is 9.67. The van der Waals surface area contributed by atoms with Crippen LogP contribution in [-0.4, -0.2) is 40.9 Å². The predicted molar refractivity (Wildman–Crippen MR) is 63.5 cm³/mol. The van der Waals surface area contributed by atoms with Crippen LogP contribution < -0.4 is 4.90 Å². The van der Waals surface area contributed by atoms with Crippen molar-refractivity contribution in [2.24, 2.45) is 5.41 Å². The average Bonchev–Trinajstić information content (AvgIpc) is 2.52. The highest BCUT2D eigenvalue weighted by molar-refractivity contribution is 6.28. The van der Waals surface area contributed by atoms with Gasteiger partial charge in [-0.1, -0.05) is 0 Å². The fraction of sp³-hybridized carbons (Fsp3) is 0.455. The molecule has 2 aliphatic heterocycles. The molecule has 4 rings (SSSR count). The SMILES string of the molecule is Clc1nc2ccc(N3CC4(COC4)C3)cn2n1. The smallest absolute Gasteiger partial charge is 0.243 e. The van der Waals surface area contributed by atoms with Crippen LogP contribution in [0.1, 0.15) is 0 Å². The van der Waals surface area contributed by atoms with Crippen molar-refractivity contribution >= 4 is 22.9 Å². The van der Waals surface area contributed by atoms with Gasteiger partial charge in [-0.15, -0.1) is 5.10 Å². The summed E-state index contributed by atoms with van der Waals surface area (Å²) in [6.07, 6.45) is 1.97. The minimum Gasteiger partial charge on any atom is -0.380 e. The Morgan fingerprint density at radius 1 is 1.29 bits per heavy atom. The van der Waals surface area contributed by atoms with Crippen molar-refractivity contribution in [2.75, 3.05) is 31.2 Å². The topological polar surface area (TPSA) is 42.7 Å². The molecule has 0 atom stereocenters. The van der Waals surface area contributed by atoms with Crippen molar-refractivity contribution in [2.45, 2.75) is 0 Å². The van der Waals surface area contributed by atoms with Crippen molar-refractivity contribution in [1.29, 1.82) is 0 Å². The zero-order valence-corrected chi connectivity index (χ0v) is 9.89. The Hall–Kier alpha value is -1.33. The molecule has 6 heteroatoms. The Morgan fingerprint density at radius 2 is 2.12 bits per heavy atom. The van der Waals surface area contributed by atoms with Gasteiger partial charge in [-0.3, -0.25) is 0 Å². The molecular weight excluding hydrogens is 240 g/mol. The van der Waals surface area contributed by atoms with Gasteiger partial charge < -0.3 is 9.64 Å². The van der Waals surface area contributed by atoms with Gasteiger partial charge >= 0.3 is 0 Å². The van der Waals surface area contributed by atoms with Crippen LogP contribution >= 0.6 is 11.6 Å². The Labute approximate surface area is 103 Å². The van der Waals surface area contributed by atoms with E-state index in [4.69, 9.17) is 16.3 Å². The molecule has 5 nitrogen and oxygen atoms in total. The molecule has 0 amide bonds. The lowest BCUT2D eigenvalue weighted by Gasteiger charge is -2.55. The van der Waals surface area contributed by atoms with Gasteiger partial charge in [0.15, 0.2) is 5.65 Å². The molecule has 0 unspecified atom stereocenters. The lowest BCUT2D eigenvalue weighted by molar-refractivity contribution is -0.127. The molecule has 2 fully saturated rings. The van der Waals surface area contributed by atoms with Crippen LogP contribution in [0.15, 0.2) is 18.3 Å². The minimum atomic E-state index is 0.287. The fourth-order valence-electron chi connectivity index (χ4n) is 2.55. The molecule has 2 aromatic heterocycles. The number of halogens is 1. The predicted octanol–water partition coefficient (Wildman–Crippen LogP) is 1.22. The lowest BCUT2D eigenvalue weighted by atomic mass is 9.78. The van der Waals surface area contributed by atoms with E-state index in [-0.39, 0.29) is 5.28 Å². The highest BCUT2D eigenvalue weighted by atomic mass is 35.5. The summed E-state index contributed by atoms with van der Waals surface area (Å²) in [7, 11) is 0. The normalized spacial score (nSPS) is 21.6. The van der Waals surface area contributed by atoms with E-state index in [1.165, 1.54) is 0 Å². The molecule has 4 heterocycles. The first-order valence-electron chi connectivity index (χ1n) is 5.59. The molecule has 0 aliphatic carbocycles. The molecule has 0 aromatic carbocycles. The quantitative estimate of drug-likeness (QED) is 0.763. The van der Waals surface area contributed by atoms with E-state index in [2.05, 4.69) is 21.0 Å². The van der Waals surface area contributed by atoms with Gasteiger partial charge in [0, 0.05) is 13.1 Å². The number of hydrogen-bond acceptors (Lipinski definition) is 4. The Balaban J connectivity index is 1.63. The maximum Gasteiger partial charge on any atom is 0.243 e. The molecular formula is C11H11ClN4O. The fourth-order valence-corrected chi connectivity index (χ4v) is 2.72. The zero-order chi connectivity index (χ0) is 11.5. The molecule has 0 N–H and O–H groups in total. The van der Waals surface area contributed by atoms with Crippen molar-refractivity contribution in [3.63, 3.8) is 0 Å². The molecule has 2 saturated heterocycles. The number of aromatic nitrogens is 3. The Morgan fingerprint density at radius 3 is 2.82 bits per heavy atom. The van der Waals surface area contributed by atoms with Crippen LogP contribution in [0, 0.1) is 5.41 Å². The van der Waals surface area contributed by atoms with Crippen LogP contribution in [0.5, 0.6) is 0 Å². The summed E-state index contributed by atoms with van der Waals surface area (Å²) in [5, 5.41) is 4.39. The molecule has 17 heavy (non-hydrogen) atoms. The average molecular weight is 251 g/mol. The van der Waals surface area contributed by atoms with Crippen LogP contribution in [0.3, 0.4) is 0 Å². The Kier molecular flexibility index (Phi) is 1.77. The second kappa shape index (κ2) is 3.11. The van der Waals surface area contributed by atoms with E-state index in [1.54, 1.807) is 4.52 Å². The summed E-state index contributed by atoms with van der Waals surface area (Å²) in [4.78, 5) is 6.42. The summed E-state index contributed by atoms with van der Waals surface area (Å²) >= 11 is 5.77. The number of anilines is 1. The highest BCUT2D eigenvalue weighted by Gasteiger charge is 2.49. The zero-order valence-electron chi connectivity index (χ0n) is 9.14. The van der Waals surface area contributed by atoms with E-state index >= 15 is 0 Å². The highest BCUT2D eigenvalue weighted by Crippen LogP contribution is 2.39. The maximum atomic E-state index is 5.77. The minimum absolute atomic E-state index is 0.287.